The quantitative estimate of drug-likeness (QED) is 0.391. The molecule has 0 radical (unpaired) electrons. The first-order valence-electron chi connectivity index (χ1n) is 8.80. The number of hydrogen-bond acceptors (Lipinski definition) is 2. The van der Waals surface area contributed by atoms with Crippen LogP contribution in [0.15, 0.2) is 65.3 Å². The Labute approximate surface area is 151 Å². The number of pyridine rings is 2. The van der Waals surface area contributed by atoms with E-state index in [0.29, 0.717) is 5.71 Å². The van der Waals surface area contributed by atoms with E-state index in [2.05, 4.69) is 73.0 Å². The predicted octanol–water partition coefficient (Wildman–Crippen LogP) is 5.24. The first-order valence-corrected chi connectivity index (χ1v) is 8.80. The molecule has 0 unspecified atom stereocenters. The summed E-state index contributed by atoms with van der Waals surface area (Å²) in [6.45, 7) is 4.30. The summed E-state index contributed by atoms with van der Waals surface area (Å²) in [5.74, 6) is 0. The topological polar surface area (TPSA) is 29.9 Å². The average Bonchev–Trinajstić information content (AvgIpc) is 3.03. The Kier molecular flexibility index (Phi) is 3.13. The molecular formula is C23H19N2O+. The van der Waals surface area contributed by atoms with Gasteiger partial charge in [-0.3, -0.25) is 0 Å². The van der Waals surface area contributed by atoms with Gasteiger partial charge in [0.2, 0.25) is 11.4 Å². The Morgan fingerprint density at radius 2 is 1.73 bits per heavy atom. The maximum atomic E-state index is 6.34. The van der Waals surface area contributed by atoms with E-state index < -0.39 is 0 Å². The summed E-state index contributed by atoms with van der Waals surface area (Å²) in [5.41, 5.74) is 6.32. The third-order valence-corrected chi connectivity index (χ3v) is 5.20. The van der Waals surface area contributed by atoms with Gasteiger partial charge in [0, 0.05) is 29.1 Å². The Hall–Kier alpha value is -3.20. The molecule has 0 aliphatic carbocycles. The summed E-state index contributed by atoms with van der Waals surface area (Å²) < 4.78 is 8.47. The first kappa shape index (κ1) is 15.1. The largest absolute Gasteiger partial charge is 0.437 e. The Balaban J connectivity index is 2.03. The highest BCUT2D eigenvalue weighted by molar-refractivity contribution is 6.20. The number of aromatic nitrogens is 2. The van der Waals surface area contributed by atoms with E-state index in [0.717, 1.165) is 33.0 Å². The second-order valence-corrected chi connectivity index (χ2v) is 6.91. The van der Waals surface area contributed by atoms with E-state index in [1.54, 1.807) is 0 Å². The van der Waals surface area contributed by atoms with Gasteiger partial charge in [0.15, 0.2) is 11.8 Å². The highest BCUT2D eigenvalue weighted by Crippen LogP contribution is 2.40. The molecule has 0 bridgehead atoms. The molecule has 3 heterocycles. The van der Waals surface area contributed by atoms with Crippen LogP contribution in [0.3, 0.4) is 0 Å². The third-order valence-electron chi connectivity index (χ3n) is 5.20. The molecular weight excluding hydrogens is 320 g/mol. The van der Waals surface area contributed by atoms with Crippen molar-refractivity contribution < 1.29 is 8.98 Å². The van der Waals surface area contributed by atoms with Crippen LogP contribution in [-0.2, 0) is 7.05 Å². The summed E-state index contributed by atoms with van der Waals surface area (Å²) in [4.78, 5) is 4.60. The van der Waals surface area contributed by atoms with Gasteiger partial charge in [-0.25, -0.2) is 9.55 Å². The van der Waals surface area contributed by atoms with Gasteiger partial charge in [0.1, 0.15) is 7.05 Å². The maximum Gasteiger partial charge on any atom is 0.227 e. The van der Waals surface area contributed by atoms with Crippen LogP contribution in [0, 0.1) is 13.8 Å². The lowest BCUT2D eigenvalue weighted by molar-refractivity contribution is -0.660. The number of rotatable bonds is 1. The summed E-state index contributed by atoms with van der Waals surface area (Å²) in [7, 11) is 2.07. The standard InChI is InChI=1S/C23H19N2O/c1-14-12-15(2)20-21-17-9-5-4-8-16(17)13-24-23(21)26-22(20)19(14)18-10-6-7-11-25(18)3/h4-13H,1-3H3/q+1. The fourth-order valence-corrected chi connectivity index (χ4v) is 4.03. The zero-order chi connectivity index (χ0) is 17.8. The highest BCUT2D eigenvalue weighted by atomic mass is 16.3. The van der Waals surface area contributed by atoms with Crippen LogP contribution in [0.4, 0.5) is 0 Å². The molecule has 126 valence electrons. The van der Waals surface area contributed by atoms with Crippen molar-refractivity contribution in [1.82, 2.24) is 4.98 Å². The van der Waals surface area contributed by atoms with E-state index in [4.69, 9.17) is 4.42 Å². The van der Waals surface area contributed by atoms with Gasteiger partial charge in [-0.05, 0) is 36.4 Å². The van der Waals surface area contributed by atoms with E-state index in [9.17, 15) is 0 Å². The van der Waals surface area contributed by atoms with Gasteiger partial charge in [-0.2, -0.15) is 0 Å². The Bertz CT molecular complexity index is 1310. The van der Waals surface area contributed by atoms with Crippen LogP contribution in [-0.4, -0.2) is 4.98 Å². The minimum Gasteiger partial charge on any atom is -0.437 e. The number of hydrogen-bond donors (Lipinski definition) is 0. The van der Waals surface area contributed by atoms with E-state index in [1.165, 1.54) is 16.5 Å². The zero-order valence-electron chi connectivity index (χ0n) is 15.1. The van der Waals surface area contributed by atoms with Crippen LogP contribution < -0.4 is 4.57 Å². The number of furan rings is 1. The molecule has 0 atom stereocenters. The second-order valence-electron chi connectivity index (χ2n) is 6.91. The van der Waals surface area contributed by atoms with Gasteiger partial charge >= 0.3 is 0 Å². The van der Waals surface area contributed by atoms with E-state index >= 15 is 0 Å². The van der Waals surface area contributed by atoms with Crippen molar-refractivity contribution in [3.63, 3.8) is 0 Å². The third kappa shape index (κ3) is 2.00. The lowest BCUT2D eigenvalue weighted by Gasteiger charge is -2.07. The van der Waals surface area contributed by atoms with E-state index in [-0.39, 0.29) is 0 Å². The molecule has 2 aromatic carbocycles. The molecule has 0 saturated carbocycles. The first-order chi connectivity index (χ1) is 12.6. The molecule has 5 aromatic rings. The molecule has 3 aromatic heterocycles. The number of nitrogens with zero attached hydrogens (tertiary/aromatic N) is 2. The lowest BCUT2D eigenvalue weighted by Crippen LogP contribution is -2.30. The van der Waals surface area contributed by atoms with Crippen molar-refractivity contribution in [3.8, 4) is 11.3 Å². The van der Waals surface area contributed by atoms with Gasteiger partial charge in [0.25, 0.3) is 0 Å². The molecule has 0 aliphatic heterocycles. The monoisotopic (exact) mass is 339 g/mol. The molecule has 26 heavy (non-hydrogen) atoms. The van der Waals surface area contributed by atoms with Crippen LogP contribution in [0.2, 0.25) is 0 Å². The molecule has 3 heteroatoms. The summed E-state index contributed by atoms with van der Waals surface area (Å²) >= 11 is 0. The highest BCUT2D eigenvalue weighted by Gasteiger charge is 2.23. The second kappa shape index (κ2) is 5.40. The molecule has 0 fully saturated rings. The fraction of sp³-hybridized carbons (Fsp3) is 0.130. The minimum atomic E-state index is 0.701. The fourth-order valence-electron chi connectivity index (χ4n) is 4.03. The Morgan fingerprint density at radius 1 is 0.923 bits per heavy atom. The molecule has 0 aliphatic rings. The van der Waals surface area contributed by atoms with Gasteiger partial charge in [-0.1, -0.05) is 30.3 Å². The molecule has 0 saturated heterocycles. The Morgan fingerprint density at radius 3 is 2.58 bits per heavy atom. The van der Waals surface area contributed by atoms with Crippen molar-refractivity contribution in [1.29, 1.82) is 0 Å². The number of fused-ring (bicyclic) bond motifs is 5. The van der Waals surface area contributed by atoms with Crippen molar-refractivity contribution in [2.24, 2.45) is 7.05 Å². The number of aryl methyl sites for hydroxylation is 3. The van der Waals surface area contributed by atoms with Crippen molar-refractivity contribution in [2.45, 2.75) is 13.8 Å². The van der Waals surface area contributed by atoms with Crippen molar-refractivity contribution >= 4 is 32.8 Å². The van der Waals surface area contributed by atoms with Crippen LogP contribution in [0.5, 0.6) is 0 Å². The summed E-state index contributed by atoms with van der Waals surface area (Å²) in [5, 5.41) is 4.59. The minimum absolute atomic E-state index is 0.701. The normalized spacial score (nSPS) is 11.7. The molecule has 0 spiro atoms. The van der Waals surface area contributed by atoms with Gasteiger partial charge in [-0.15, -0.1) is 0 Å². The van der Waals surface area contributed by atoms with Gasteiger partial charge < -0.3 is 4.42 Å². The molecule has 3 nitrogen and oxygen atoms in total. The van der Waals surface area contributed by atoms with Crippen molar-refractivity contribution in [3.05, 3.63) is 72.1 Å². The lowest BCUT2D eigenvalue weighted by atomic mass is 9.96. The van der Waals surface area contributed by atoms with Gasteiger partial charge in [0.05, 0.1) is 10.9 Å². The van der Waals surface area contributed by atoms with Crippen LogP contribution >= 0.6 is 0 Å². The van der Waals surface area contributed by atoms with Crippen molar-refractivity contribution in [2.75, 3.05) is 0 Å². The molecule has 0 N–H and O–H groups in total. The smallest absolute Gasteiger partial charge is 0.227 e. The molecule has 5 rings (SSSR count). The average molecular weight is 339 g/mol. The maximum absolute atomic E-state index is 6.34. The number of benzene rings is 2. The molecule has 0 amide bonds. The summed E-state index contributed by atoms with van der Waals surface area (Å²) in [6.07, 6.45) is 3.96. The predicted molar refractivity (Wildman–Crippen MR) is 105 cm³/mol. The van der Waals surface area contributed by atoms with Crippen LogP contribution in [0.1, 0.15) is 11.1 Å². The van der Waals surface area contributed by atoms with Crippen LogP contribution in [0.25, 0.3) is 44.1 Å². The SMILES string of the molecule is Cc1cc(C)c2c(oc3ncc4ccccc4c32)c1-c1cccc[n+]1C. The zero-order valence-corrected chi connectivity index (χ0v) is 15.1. The van der Waals surface area contributed by atoms with E-state index in [1.807, 2.05) is 18.3 Å². The summed E-state index contributed by atoms with van der Waals surface area (Å²) in [6, 6.07) is 16.9.